The maximum absolute atomic E-state index is 9.15. The van der Waals surface area contributed by atoms with Gasteiger partial charge in [0.15, 0.2) is 0 Å². The van der Waals surface area contributed by atoms with Crippen molar-refractivity contribution >= 4 is 22.6 Å². The normalized spacial score (nSPS) is 39.0. The van der Waals surface area contributed by atoms with Crippen LogP contribution in [0.15, 0.2) is 0 Å². The van der Waals surface area contributed by atoms with Crippen molar-refractivity contribution in [2.45, 2.75) is 36.2 Å². The smallest absolute Gasteiger partial charge is 0.0543 e. The van der Waals surface area contributed by atoms with E-state index < -0.39 is 0 Å². The van der Waals surface area contributed by atoms with Crippen molar-refractivity contribution in [3.8, 4) is 0 Å². The van der Waals surface area contributed by atoms with Crippen molar-refractivity contribution < 1.29 is 5.11 Å². The second-order valence-electron chi connectivity index (χ2n) is 2.90. The second kappa shape index (κ2) is 3.19. The van der Waals surface area contributed by atoms with Crippen molar-refractivity contribution in [1.82, 2.24) is 0 Å². The van der Waals surface area contributed by atoms with E-state index >= 15 is 0 Å². The van der Waals surface area contributed by atoms with Crippen LogP contribution in [0.25, 0.3) is 0 Å². The highest BCUT2D eigenvalue weighted by Crippen LogP contribution is 2.31. The molecule has 0 aromatic heterocycles. The van der Waals surface area contributed by atoms with E-state index in [0.717, 1.165) is 22.7 Å². The van der Waals surface area contributed by atoms with Crippen LogP contribution in [0.1, 0.15) is 26.2 Å². The summed E-state index contributed by atoms with van der Waals surface area (Å²) in [6.45, 7) is 2.23. The predicted molar refractivity (Wildman–Crippen MR) is 46.8 cm³/mol. The van der Waals surface area contributed by atoms with Crippen molar-refractivity contribution in [3.05, 3.63) is 0 Å². The third-order valence-corrected chi connectivity index (χ3v) is 3.11. The Labute approximate surface area is 70.0 Å². The number of aliphatic hydroxyl groups excluding tert-OH is 1. The van der Waals surface area contributed by atoms with Gasteiger partial charge in [-0.05, 0) is 25.2 Å². The molecule has 54 valence electrons. The number of rotatable bonds is 1. The van der Waals surface area contributed by atoms with Crippen molar-refractivity contribution in [2.24, 2.45) is 5.92 Å². The number of hydrogen-bond acceptors (Lipinski definition) is 1. The van der Waals surface area contributed by atoms with Crippen LogP contribution < -0.4 is 0 Å². The van der Waals surface area contributed by atoms with E-state index in [1.54, 1.807) is 0 Å². The van der Waals surface area contributed by atoms with Crippen LogP contribution in [0.2, 0.25) is 0 Å². The Bertz CT molecular complexity index is 92.9. The first-order chi connectivity index (χ1) is 4.20. The van der Waals surface area contributed by atoms with E-state index in [4.69, 9.17) is 5.11 Å². The molecule has 2 heteroatoms. The third-order valence-electron chi connectivity index (χ3n) is 2.10. The quantitative estimate of drug-likeness (QED) is 0.548. The van der Waals surface area contributed by atoms with E-state index in [1.165, 1.54) is 6.42 Å². The summed E-state index contributed by atoms with van der Waals surface area (Å²) >= 11 is 2.44. The van der Waals surface area contributed by atoms with E-state index in [-0.39, 0.29) is 6.10 Å². The van der Waals surface area contributed by atoms with Gasteiger partial charge < -0.3 is 5.11 Å². The molecular weight excluding hydrogens is 227 g/mol. The lowest BCUT2D eigenvalue weighted by atomic mass is 10.1. The summed E-state index contributed by atoms with van der Waals surface area (Å²) in [5, 5.41) is 9.15. The molecule has 0 heterocycles. The Morgan fingerprint density at radius 2 is 2.22 bits per heavy atom. The van der Waals surface area contributed by atoms with Crippen molar-refractivity contribution in [1.29, 1.82) is 0 Å². The summed E-state index contributed by atoms with van der Waals surface area (Å²) in [6.07, 6.45) is 3.29. The fourth-order valence-electron chi connectivity index (χ4n) is 1.41. The topological polar surface area (TPSA) is 20.2 Å². The number of hydrogen-bond donors (Lipinski definition) is 1. The van der Waals surface area contributed by atoms with Gasteiger partial charge >= 0.3 is 0 Å². The SMILES string of the molecule is CC(I)[C@H]1CC[C@@H](O)C1. The molecule has 0 saturated heterocycles. The summed E-state index contributed by atoms with van der Waals surface area (Å²) < 4.78 is 0.736. The minimum atomic E-state index is 0.00668. The first-order valence-electron chi connectivity index (χ1n) is 3.52. The molecule has 0 aromatic rings. The van der Waals surface area contributed by atoms with Crippen molar-refractivity contribution in [3.63, 3.8) is 0 Å². The average molecular weight is 240 g/mol. The minimum Gasteiger partial charge on any atom is -0.393 e. The Morgan fingerprint density at radius 1 is 1.56 bits per heavy atom. The fraction of sp³-hybridized carbons (Fsp3) is 1.00. The molecule has 1 nitrogen and oxygen atoms in total. The van der Waals surface area contributed by atoms with Gasteiger partial charge in [0.05, 0.1) is 6.10 Å². The maximum Gasteiger partial charge on any atom is 0.0543 e. The molecule has 0 bridgehead atoms. The molecule has 1 fully saturated rings. The molecule has 0 radical (unpaired) electrons. The van der Waals surface area contributed by atoms with Crippen molar-refractivity contribution in [2.75, 3.05) is 0 Å². The van der Waals surface area contributed by atoms with Gasteiger partial charge in [0.25, 0.3) is 0 Å². The molecule has 1 aliphatic rings. The number of alkyl halides is 1. The van der Waals surface area contributed by atoms with Gasteiger partial charge in [0.1, 0.15) is 0 Å². The molecule has 1 rings (SSSR count). The van der Waals surface area contributed by atoms with Crippen LogP contribution in [0.4, 0.5) is 0 Å². The Morgan fingerprint density at radius 3 is 2.44 bits per heavy atom. The first-order valence-corrected chi connectivity index (χ1v) is 4.77. The monoisotopic (exact) mass is 240 g/mol. The lowest BCUT2D eigenvalue weighted by molar-refractivity contribution is 0.178. The van der Waals surface area contributed by atoms with Gasteiger partial charge in [0, 0.05) is 3.92 Å². The zero-order chi connectivity index (χ0) is 6.85. The Balaban J connectivity index is 2.30. The fourth-order valence-corrected chi connectivity index (χ4v) is 2.06. The molecule has 1 aliphatic carbocycles. The van der Waals surface area contributed by atoms with E-state index in [0.29, 0.717) is 0 Å². The maximum atomic E-state index is 9.15. The minimum absolute atomic E-state index is 0.00668. The van der Waals surface area contributed by atoms with Crippen LogP contribution in [0.3, 0.4) is 0 Å². The summed E-state index contributed by atoms with van der Waals surface area (Å²) in [6, 6.07) is 0. The molecular formula is C7H13IO. The van der Waals surface area contributed by atoms with Crippen LogP contribution in [-0.2, 0) is 0 Å². The zero-order valence-corrected chi connectivity index (χ0v) is 7.84. The second-order valence-corrected chi connectivity index (χ2v) is 4.87. The van der Waals surface area contributed by atoms with Crippen LogP contribution in [-0.4, -0.2) is 15.1 Å². The summed E-state index contributed by atoms with van der Waals surface area (Å²) in [7, 11) is 0. The zero-order valence-electron chi connectivity index (χ0n) is 5.68. The molecule has 3 atom stereocenters. The van der Waals surface area contributed by atoms with Crippen LogP contribution in [0, 0.1) is 5.92 Å². The number of aliphatic hydroxyl groups is 1. The van der Waals surface area contributed by atoms with Gasteiger partial charge in [-0.3, -0.25) is 0 Å². The van der Waals surface area contributed by atoms with Gasteiger partial charge in [-0.15, -0.1) is 0 Å². The molecule has 1 unspecified atom stereocenters. The highest BCUT2D eigenvalue weighted by Gasteiger charge is 2.25. The van der Waals surface area contributed by atoms with Gasteiger partial charge in [0.2, 0.25) is 0 Å². The van der Waals surface area contributed by atoms with E-state index in [9.17, 15) is 0 Å². The number of halogens is 1. The Hall–Kier alpha value is 0.690. The van der Waals surface area contributed by atoms with Gasteiger partial charge in [-0.2, -0.15) is 0 Å². The largest absolute Gasteiger partial charge is 0.393 e. The highest BCUT2D eigenvalue weighted by molar-refractivity contribution is 14.1. The molecule has 9 heavy (non-hydrogen) atoms. The third kappa shape index (κ3) is 2.08. The Kier molecular flexibility index (Phi) is 2.76. The standard InChI is InChI=1S/C7H13IO/c1-5(8)6-2-3-7(9)4-6/h5-7,9H,2-4H2,1H3/t5?,6-,7+/m0/s1. The van der Waals surface area contributed by atoms with Crippen LogP contribution >= 0.6 is 22.6 Å². The molecule has 0 aromatic carbocycles. The highest BCUT2D eigenvalue weighted by atomic mass is 127. The molecule has 0 aliphatic heterocycles. The summed E-state index contributed by atoms with van der Waals surface area (Å²) in [5.74, 6) is 0.778. The average Bonchev–Trinajstić information content (AvgIpc) is 2.14. The van der Waals surface area contributed by atoms with Gasteiger partial charge in [-0.25, -0.2) is 0 Å². The first kappa shape index (κ1) is 7.79. The lowest BCUT2D eigenvalue weighted by Crippen LogP contribution is -2.07. The predicted octanol–water partition coefficient (Wildman–Crippen LogP) is 1.97. The van der Waals surface area contributed by atoms with Crippen LogP contribution in [0.5, 0.6) is 0 Å². The molecule has 1 saturated carbocycles. The molecule has 0 amide bonds. The van der Waals surface area contributed by atoms with Gasteiger partial charge in [-0.1, -0.05) is 29.5 Å². The summed E-state index contributed by atoms with van der Waals surface area (Å²) in [5.41, 5.74) is 0. The van der Waals surface area contributed by atoms with E-state index in [1.807, 2.05) is 0 Å². The summed E-state index contributed by atoms with van der Waals surface area (Å²) in [4.78, 5) is 0. The lowest BCUT2D eigenvalue weighted by Gasteiger charge is -2.10. The molecule has 0 spiro atoms. The van der Waals surface area contributed by atoms with E-state index in [2.05, 4.69) is 29.5 Å². The molecule has 1 N–H and O–H groups in total.